The Morgan fingerprint density at radius 2 is 1.53 bits per heavy atom. The predicted octanol–water partition coefficient (Wildman–Crippen LogP) is 3.22. The van der Waals surface area contributed by atoms with E-state index in [1.807, 2.05) is 36.4 Å². The van der Waals surface area contributed by atoms with Crippen molar-refractivity contribution in [1.82, 2.24) is 15.2 Å². The Kier molecular flexibility index (Phi) is 1.56. The van der Waals surface area contributed by atoms with E-state index in [9.17, 15) is 0 Å². The number of benzene rings is 2. The Morgan fingerprint density at radius 1 is 0.765 bits per heavy atom. The van der Waals surface area contributed by atoms with Crippen molar-refractivity contribution in [2.75, 3.05) is 0 Å². The van der Waals surface area contributed by atoms with Crippen molar-refractivity contribution in [3.05, 3.63) is 48.5 Å². The highest BCUT2D eigenvalue weighted by Gasteiger charge is 2.15. The van der Waals surface area contributed by atoms with Gasteiger partial charge in [-0.25, -0.2) is 4.98 Å². The molecule has 80 valence electrons. The molecule has 3 nitrogen and oxygen atoms in total. The average Bonchev–Trinajstić information content (AvgIpc) is 2.78. The largest absolute Gasteiger partial charge is 0.277 e. The minimum Gasteiger partial charge on any atom is -0.277 e. The third kappa shape index (κ3) is 1.11. The highest BCUT2D eigenvalue weighted by atomic mass is 15.1. The van der Waals surface area contributed by atoms with E-state index < -0.39 is 0 Å². The van der Waals surface area contributed by atoms with Crippen LogP contribution in [0.3, 0.4) is 0 Å². The number of nitrogens with zero attached hydrogens (tertiary/aromatic N) is 2. The Bertz CT molecular complexity index is 801. The molecule has 0 atom stereocenters. The van der Waals surface area contributed by atoms with Gasteiger partial charge < -0.3 is 0 Å². The van der Waals surface area contributed by atoms with Crippen LogP contribution >= 0.6 is 0 Å². The second-order valence-electron chi connectivity index (χ2n) is 4.10. The van der Waals surface area contributed by atoms with Gasteiger partial charge >= 0.3 is 0 Å². The smallest absolute Gasteiger partial charge is 0.119 e. The van der Waals surface area contributed by atoms with Crippen LogP contribution in [0.1, 0.15) is 0 Å². The molecule has 0 fully saturated rings. The molecule has 2 aliphatic heterocycles. The molecule has 0 spiro atoms. The van der Waals surface area contributed by atoms with Gasteiger partial charge in [0.1, 0.15) is 11.4 Å². The summed E-state index contributed by atoms with van der Waals surface area (Å²) in [7, 11) is 0. The lowest BCUT2D eigenvalue weighted by molar-refractivity contribution is 1.08. The van der Waals surface area contributed by atoms with Crippen LogP contribution < -0.4 is 0 Å². The summed E-state index contributed by atoms with van der Waals surface area (Å²) in [6.07, 6.45) is 0. The molecule has 4 rings (SSSR count). The zero-order valence-corrected chi connectivity index (χ0v) is 9.01. The quantitative estimate of drug-likeness (QED) is 0.493. The maximum Gasteiger partial charge on any atom is 0.119 e. The highest BCUT2D eigenvalue weighted by Crippen LogP contribution is 2.32. The standard InChI is InChI=1S/C14H9N3/c1-3-7-11-9(5-1)14-13(15-11)10-6-2-4-8-12(10)16-17-14/h1-8,16H. The summed E-state index contributed by atoms with van der Waals surface area (Å²) in [5.41, 5.74) is 3.93. The van der Waals surface area contributed by atoms with Crippen molar-refractivity contribution in [2.24, 2.45) is 0 Å². The van der Waals surface area contributed by atoms with Crippen LogP contribution in [-0.4, -0.2) is 15.2 Å². The van der Waals surface area contributed by atoms with E-state index in [4.69, 9.17) is 0 Å². The zero-order chi connectivity index (χ0) is 11.2. The van der Waals surface area contributed by atoms with Crippen LogP contribution in [0.5, 0.6) is 0 Å². The van der Waals surface area contributed by atoms with E-state index in [0.29, 0.717) is 0 Å². The summed E-state index contributed by atoms with van der Waals surface area (Å²) in [5.74, 6) is 0. The SMILES string of the molecule is c1ccc2c3n[nH]c4ccccc4c-3nc2c1. The molecule has 0 bridgehead atoms. The molecule has 0 unspecified atom stereocenters. The van der Waals surface area contributed by atoms with Crippen molar-refractivity contribution >= 4 is 21.8 Å². The Labute approximate surface area is 97.4 Å². The predicted molar refractivity (Wildman–Crippen MR) is 68.0 cm³/mol. The van der Waals surface area contributed by atoms with Gasteiger partial charge in [-0.15, -0.1) is 0 Å². The van der Waals surface area contributed by atoms with Crippen LogP contribution in [-0.2, 0) is 0 Å². The first-order valence-corrected chi connectivity index (χ1v) is 5.55. The molecule has 3 heteroatoms. The number of H-pyrrole nitrogens is 1. The van der Waals surface area contributed by atoms with Crippen LogP contribution in [0.4, 0.5) is 0 Å². The van der Waals surface area contributed by atoms with Gasteiger partial charge in [-0.2, -0.15) is 5.10 Å². The van der Waals surface area contributed by atoms with E-state index in [1.165, 1.54) is 0 Å². The van der Waals surface area contributed by atoms with Crippen molar-refractivity contribution in [1.29, 1.82) is 0 Å². The van der Waals surface area contributed by atoms with Crippen molar-refractivity contribution in [3.63, 3.8) is 0 Å². The third-order valence-electron chi connectivity index (χ3n) is 3.09. The number of aromatic nitrogens is 3. The first-order chi connectivity index (χ1) is 8.43. The topological polar surface area (TPSA) is 41.6 Å². The lowest BCUT2D eigenvalue weighted by Crippen LogP contribution is -1.90. The monoisotopic (exact) mass is 219 g/mol. The lowest BCUT2D eigenvalue weighted by Gasteiger charge is -2.02. The second-order valence-corrected chi connectivity index (χ2v) is 4.10. The number of fused-ring (bicyclic) bond motifs is 5. The maximum absolute atomic E-state index is 4.66. The first kappa shape index (κ1) is 8.70. The Morgan fingerprint density at radius 3 is 2.47 bits per heavy atom. The molecule has 2 aromatic rings. The minimum atomic E-state index is 0.944. The molecule has 0 saturated heterocycles. The van der Waals surface area contributed by atoms with Gasteiger partial charge in [-0.05, 0) is 12.1 Å². The number of para-hydroxylation sites is 2. The van der Waals surface area contributed by atoms with Crippen LogP contribution in [0.25, 0.3) is 33.2 Å². The van der Waals surface area contributed by atoms with Gasteiger partial charge in [0.15, 0.2) is 0 Å². The summed E-state index contributed by atoms with van der Waals surface area (Å²) in [6.45, 7) is 0. The molecule has 17 heavy (non-hydrogen) atoms. The van der Waals surface area contributed by atoms with Crippen LogP contribution in [0.2, 0.25) is 0 Å². The minimum absolute atomic E-state index is 0.944. The first-order valence-electron chi connectivity index (χ1n) is 5.55. The fourth-order valence-electron chi connectivity index (χ4n) is 2.28. The number of hydrogen-bond donors (Lipinski definition) is 1. The van der Waals surface area contributed by atoms with Gasteiger partial charge in [0, 0.05) is 10.8 Å². The molecular weight excluding hydrogens is 210 g/mol. The number of nitrogens with one attached hydrogen (secondary N) is 1. The summed E-state index contributed by atoms with van der Waals surface area (Å²) in [5, 5.41) is 9.71. The van der Waals surface area contributed by atoms with E-state index in [2.05, 4.69) is 27.3 Å². The molecular formula is C14H9N3. The molecule has 0 aromatic heterocycles. The number of rotatable bonds is 0. The number of aromatic amines is 1. The maximum atomic E-state index is 4.66. The van der Waals surface area contributed by atoms with Gasteiger partial charge in [0.25, 0.3) is 0 Å². The van der Waals surface area contributed by atoms with Gasteiger partial charge in [0.05, 0.1) is 11.0 Å². The zero-order valence-electron chi connectivity index (χ0n) is 9.01. The molecule has 0 radical (unpaired) electrons. The van der Waals surface area contributed by atoms with E-state index in [1.54, 1.807) is 0 Å². The summed E-state index contributed by atoms with van der Waals surface area (Å²) in [6, 6.07) is 16.2. The Hall–Kier alpha value is -2.42. The highest BCUT2D eigenvalue weighted by molar-refractivity contribution is 6.04. The summed E-state index contributed by atoms with van der Waals surface area (Å²) < 4.78 is 0. The van der Waals surface area contributed by atoms with Crippen molar-refractivity contribution in [3.8, 4) is 11.4 Å². The molecule has 2 aliphatic rings. The average molecular weight is 219 g/mol. The van der Waals surface area contributed by atoms with E-state index in [0.717, 1.165) is 33.2 Å². The molecule has 2 aromatic carbocycles. The van der Waals surface area contributed by atoms with Crippen LogP contribution in [0.15, 0.2) is 48.5 Å². The molecule has 1 N–H and O–H groups in total. The molecule has 0 saturated carbocycles. The summed E-state index contributed by atoms with van der Waals surface area (Å²) >= 11 is 0. The van der Waals surface area contributed by atoms with Crippen molar-refractivity contribution < 1.29 is 0 Å². The van der Waals surface area contributed by atoms with Crippen molar-refractivity contribution in [2.45, 2.75) is 0 Å². The molecule has 0 amide bonds. The lowest BCUT2D eigenvalue weighted by atomic mass is 10.1. The van der Waals surface area contributed by atoms with Gasteiger partial charge in [-0.3, -0.25) is 5.10 Å². The molecule has 0 aliphatic carbocycles. The normalized spacial score (nSPS) is 11.5. The fourth-order valence-corrected chi connectivity index (χ4v) is 2.28. The number of hydrogen-bond acceptors (Lipinski definition) is 2. The van der Waals surface area contributed by atoms with E-state index >= 15 is 0 Å². The van der Waals surface area contributed by atoms with Gasteiger partial charge in [-0.1, -0.05) is 36.4 Å². The van der Waals surface area contributed by atoms with Crippen LogP contribution in [0, 0.1) is 0 Å². The fraction of sp³-hybridized carbons (Fsp3) is 0. The Balaban J connectivity index is 2.28. The van der Waals surface area contributed by atoms with Gasteiger partial charge in [0.2, 0.25) is 0 Å². The molecule has 2 heterocycles. The second kappa shape index (κ2) is 3.04. The third-order valence-corrected chi connectivity index (χ3v) is 3.09. The summed E-state index contributed by atoms with van der Waals surface area (Å²) in [4.78, 5) is 4.66. The van der Waals surface area contributed by atoms with E-state index in [-0.39, 0.29) is 0 Å².